The molecule has 2 bridgehead atoms. The zero-order chi connectivity index (χ0) is 8.72. The highest BCUT2D eigenvalue weighted by molar-refractivity contribution is 5.66. The van der Waals surface area contributed by atoms with Crippen molar-refractivity contribution in [3.8, 4) is 0 Å². The van der Waals surface area contributed by atoms with Crippen molar-refractivity contribution in [2.75, 3.05) is 0 Å². The van der Waals surface area contributed by atoms with Gasteiger partial charge in [0.1, 0.15) is 6.10 Å². The number of esters is 1. The molecule has 0 radical (unpaired) electrons. The van der Waals surface area contributed by atoms with Gasteiger partial charge in [-0.2, -0.15) is 0 Å². The molecular formula is C9H14O3. The third-order valence-electron chi connectivity index (χ3n) is 3.12. The quantitative estimate of drug-likeness (QED) is 0.589. The first-order chi connectivity index (χ1) is 5.68. The summed E-state index contributed by atoms with van der Waals surface area (Å²) >= 11 is 0. The molecule has 4 unspecified atom stereocenters. The van der Waals surface area contributed by atoms with Gasteiger partial charge < -0.3 is 9.84 Å². The van der Waals surface area contributed by atoms with E-state index in [2.05, 4.69) is 0 Å². The van der Waals surface area contributed by atoms with Crippen molar-refractivity contribution in [1.29, 1.82) is 0 Å². The SMILES string of the molecule is CC(=O)OC1CC2CCC1C2O. The van der Waals surface area contributed by atoms with Crippen LogP contribution >= 0.6 is 0 Å². The molecule has 0 spiro atoms. The van der Waals surface area contributed by atoms with E-state index in [4.69, 9.17) is 4.74 Å². The van der Waals surface area contributed by atoms with Gasteiger partial charge in [-0.15, -0.1) is 0 Å². The standard InChI is InChI=1S/C9H14O3/c1-5(10)12-8-4-6-2-3-7(8)9(6)11/h6-9,11H,2-4H2,1H3. The number of aliphatic hydroxyl groups is 1. The fourth-order valence-corrected chi connectivity index (χ4v) is 2.58. The van der Waals surface area contributed by atoms with E-state index in [1.807, 2.05) is 0 Å². The summed E-state index contributed by atoms with van der Waals surface area (Å²) in [6.45, 7) is 1.43. The van der Waals surface area contributed by atoms with Crippen LogP contribution in [0.1, 0.15) is 26.2 Å². The molecule has 0 amide bonds. The van der Waals surface area contributed by atoms with Gasteiger partial charge in [0.25, 0.3) is 0 Å². The number of carbonyl (C=O) groups excluding carboxylic acids is 1. The first-order valence-electron chi connectivity index (χ1n) is 4.54. The van der Waals surface area contributed by atoms with Gasteiger partial charge >= 0.3 is 5.97 Å². The lowest BCUT2D eigenvalue weighted by molar-refractivity contribution is -0.149. The predicted octanol–water partition coefficient (Wildman–Crippen LogP) is 0.709. The summed E-state index contributed by atoms with van der Waals surface area (Å²) in [6, 6.07) is 0. The number of carbonyl (C=O) groups is 1. The molecular weight excluding hydrogens is 156 g/mol. The number of rotatable bonds is 1. The van der Waals surface area contributed by atoms with Gasteiger partial charge in [-0.1, -0.05) is 0 Å². The topological polar surface area (TPSA) is 46.5 Å². The Kier molecular flexibility index (Phi) is 1.83. The van der Waals surface area contributed by atoms with E-state index in [9.17, 15) is 9.90 Å². The van der Waals surface area contributed by atoms with Crippen LogP contribution in [0.4, 0.5) is 0 Å². The monoisotopic (exact) mass is 170 g/mol. The van der Waals surface area contributed by atoms with E-state index in [1.54, 1.807) is 0 Å². The van der Waals surface area contributed by atoms with Gasteiger partial charge in [-0.05, 0) is 25.2 Å². The van der Waals surface area contributed by atoms with Crippen molar-refractivity contribution in [2.45, 2.75) is 38.4 Å². The molecule has 68 valence electrons. The fraction of sp³-hybridized carbons (Fsp3) is 0.889. The van der Waals surface area contributed by atoms with Crippen LogP contribution in [0, 0.1) is 11.8 Å². The molecule has 2 aliphatic rings. The van der Waals surface area contributed by atoms with E-state index in [-0.39, 0.29) is 24.1 Å². The molecule has 2 saturated carbocycles. The molecule has 0 aromatic rings. The van der Waals surface area contributed by atoms with Gasteiger partial charge in [0, 0.05) is 12.8 Å². The maximum absolute atomic E-state index is 10.7. The van der Waals surface area contributed by atoms with Crippen LogP contribution in [-0.2, 0) is 9.53 Å². The summed E-state index contributed by atoms with van der Waals surface area (Å²) < 4.78 is 5.12. The van der Waals surface area contributed by atoms with Crippen LogP contribution in [0.5, 0.6) is 0 Å². The maximum atomic E-state index is 10.7. The van der Waals surface area contributed by atoms with Gasteiger partial charge in [0.05, 0.1) is 6.10 Å². The summed E-state index contributed by atoms with van der Waals surface area (Å²) in [7, 11) is 0. The normalized spacial score (nSPS) is 44.8. The van der Waals surface area contributed by atoms with Crippen LogP contribution < -0.4 is 0 Å². The lowest BCUT2D eigenvalue weighted by Gasteiger charge is -2.20. The average Bonchev–Trinajstić information content (AvgIpc) is 2.44. The Labute approximate surface area is 71.7 Å². The minimum absolute atomic E-state index is 0.00347. The van der Waals surface area contributed by atoms with Crippen molar-refractivity contribution in [3.63, 3.8) is 0 Å². The van der Waals surface area contributed by atoms with E-state index >= 15 is 0 Å². The number of fused-ring (bicyclic) bond motifs is 2. The molecule has 2 rings (SSSR count). The lowest BCUT2D eigenvalue weighted by atomic mass is 9.98. The Morgan fingerprint density at radius 2 is 2.25 bits per heavy atom. The second kappa shape index (κ2) is 2.73. The average molecular weight is 170 g/mol. The van der Waals surface area contributed by atoms with Crippen molar-refractivity contribution >= 4 is 5.97 Å². The largest absolute Gasteiger partial charge is 0.462 e. The number of hydrogen-bond donors (Lipinski definition) is 1. The molecule has 0 saturated heterocycles. The smallest absolute Gasteiger partial charge is 0.302 e. The minimum atomic E-state index is -0.222. The van der Waals surface area contributed by atoms with Gasteiger partial charge in [0.15, 0.2) is 0 Å². The summed E-state index contributed by atoms with van der Waals surface area (Å²) in [5.41, 5.74) is 0. The second-order valence-electron chi connectivity index (χ2n) is 3.88. The Morgan fingerprint density at radius 3 is 2.67 bits per heavy atom. The van der Waals surface area contributed by atoms with Gasteiger partial charge in [-0.3, -0.25) is 4.79 Å². The zero-order valence-corrected chi connectivity index (χ0v) is 7.19. The first kappa shape index (κ1) is 8.05. The number of hydrogen-bond acceptors (Lipinski definition) is 3. The Morgan fingerprint density at radius 1 is 1.50 bits per heavy atom. The molecule has 0 aromatic heterocycles. The van der Waals surface area contributed by atoms with E-state index in [1.165, 1.54) is 6.92 Å². The van der Waals surface area contributed by atoms with E-state index in [0.717, 1.165) is 19.3 Å². The molecule has 2 fully saturated rings. The molecule has 0 heterocycles. The zero-order valence-electron chi connectivity index (χ0n) is 7.19. The molecule has 12 heavy (non-hydrogen) atoms. The summed E-state index contributed by atoms with van der Waals surface area (Å²) in [5, 5.41) is 9.62. The Bertz CT molecular complexity index is 202. The van der Waals surface area contributed by atoms with Crippen molar-refractivity contribution in [2.24, 2.45) is 11.8 Å². The number of ether oxygens (including phenoxy) is 1. The molecule has 4 atom stereocenters. The van der Waals surface area contributed by atoms with Crippen LogP contribution in [0.15, 0.2) is 0 Å². The first-order valence-corrected chi connectivity index (χ1v) is 4.54. The Balaban J connectivity index is 1.99. The van der Waals surface area contributed by atoms with E-state index < -0.39 is 0 Å². The second-order valence-corrected chi connectivity index (χ2v) is 3.88. The van der Waals surface area contributed by atoms with Crippen molar-refractivity contribution in [1.82, 2.24) is 0 Å². The van der Waals surface area contributed by atoms with Gasteiger partial charge in [-0.25, -0.2) is 0 Å². The predicted molar refractivity (Wildman–Crippen MR) is 42.4 cm³/mol. The Hall–Kier alpha value is -0.570. The van der Waals surface area contributed by atoms with Crippen molar-refractivity contribution in [3.05, 3.63) is 0 Å². The third kappa shape index (κ3) is 1.12. The summed E-state index contributed by atoms with van der Waals surface area (Å²) in [5.74, 6) is 0.387. The highest BCUT2D eigenvalue weighted by Gasteiger charge is 2.48. The lowest BCUT2D eigenvalue weighted by Crippen LogP contribution is -2.25. The van der Waals surface area contributed by atoms with Crippen LogP contribution in [-0.4, -0.2) is 23.3 Å². The summed E-state index contributed by atoms with van der Waals surface area (Å²) in [6.07, 6.45) is 2.77. The highest BCUT2D eigenvalue weighted by Crippen LogP contribution is 2.46. The maximum Gasteiger partial charge on any atom is 0.302 e. The minimum Gasteiger partial charge on any atom is -0.462 e. The highest BCUT2D eigenvalue weighted by atomic mass is 16.5. The van der Waals surface area contributed by atoms with Crippen LogP contribution in [0.3, 0.4) is 0 Å². The molecule has 2 aliphatic carbocycles. The molecule has 3 heteroatoms. The molecule has 0 aliphatic heterocycles. The summed E-state index contributed by atoms with van der Waals surface area (Å²) in [4.78, 5) is 10.7. The molecule has 0 aromatic carbocycles. The van der Waals surface area contributed by atoms with Gasteiger partial charge in [0.2, 0.25) is 0 Å². The van der Waals surface area contributed by atoms with Crippen molar-refractivity contribution < 1.29 is 14.6 Å². The fourth-order valence-electron chi connectivity index (χ4n) is 2.58. The third-order valence-corrected chi connectivity index (χ3v) is 3.12. The molecule has 3 nitrogen and oxygen atoms in total. The van der Waals surface area contributed by atoms with Crippen LogP contribution in [0.25, 0.3) is 0 Å². The molecule has 1 N–H and O–H groups in total. The number of aliphatic hydroxyl groups excluding tert-OH is 1. The van der Waals surface area contributed by atoms with E-state index in [0.29, 0.717) is 5.92 Å². The van der Waals surface area contributed by atoms with Crippen LogP contribution in [0.2, 0.25) is 0 Å².